The van der Waals surface area contributed by atoms with Crippen LogP contribution < -0.4 is 4.90 Å². The molecule has 0 spiro atoms. The van der Waals surface area contributed by atoms with Gasteiger partial charge in [0.15, 0.2) is 0 Å². The second-order valence-electron chi connectivity index (χ2n) is 18.1. The number of para-hydroxylation sites is 3. The van der Waals surface area contributed by atoms with E-state index in [-0.39, 0.29) is 10.8 Å². The Morgan fingerprint density at radius 1 is 0.371 bits per heavy atom. The first-order valence-corrected chi connectivity index (χ1v) is 21.9. The fourth-order valence-corrected chi connectivity index (χ4v) is 11.1. The molecule has 2 aliphatic rings. The summed E-state index contributed by atoms with van der Waals surface area (Å²) in [5.41, 5.74) is 22.4. The zero-order chi connectivity index (χ0) is 41.7. The van der Waals surface area contributed by atoms with Gasteiger partial charge < -0.3 is 9.47 Å². The van der Waals surface area contributed by atoms with Gasteiger partial charge in [0.2, 0.25) is 0 Å². The van der Waals surface area contributed by atoms with E-state index < -0.39 is 0 Å². The molecule has 1 heterocycles. The third-order valence-electron chi connectivity index (χ3n) is 14.0. The van der Waals surface area contributed by atoms with Gasteiger partial charge in [0.1, 0.15) is 0 Å². The highest BCUT2D eigenvalue weighted by atomic mass is 15.1. The minimum absolute atomic E-state index is 0.0878. The van der Waals surface area contributed by atoms with Crippen LogP contribution in [0.2, 0.25) is 0 Å². The van der Waals surface area contributed by atoms with E-state index in [1.165, 1.54) is 88.6 Å². The van der Waals surface area contributed by atoms with Crippen LogP contribution in [0.15, 0.2) is 206 Å². The quantitative estimate of drug-likeness (QED) is 0.163. The molecule has 296 valence electrons. The predicted octanol–water partition coefficient (Wildman–Crippen LogP) is 16.2. The van der Waals surface area contributed by atoms with Crippen molar-refractivity contribution in [3.8, 4) is 50.2 Å². The fourth-order valence-electron chi connectivity index (χ4n) is 11.1. The summed E-state index contributed by atoms with van der Waals surface area (Å²) in [4.78, 5) is 2.51. The molecule has 0 atom stereocenters. The molecule has 0 amide bonds. The Balaban J connectivity index is 1.10. The molecule has 12 rings (SSSR count). The molecule has 62 heavy (non-hydrogen) atoms. The molecule has 0 saturated heterocycles. The molecule has 1 aromatic heterocycles. The van der Waals surface area contributed by atoms with Gasteiger partial charge in [-0.25, -0.2) is 0 Å². The van der Waals surface area contributed by atoms with Gasteiger partial charge in [-0.05, 0) is 116 Å². The number of hydrogen-bond donors (Lipinski definition) is 0. The number of hydrogen-bond acceptors (Lipinski definition) is 1. The number of nitrogens with zero attached hydrogens (tertiary/aromatic N) is 2. The summed E-state index contributed by atoms with van der Waals surface area (Å²) in [5, 5.41) is 2.50. The van der Waals surface area contributed by atoms with Gasteiger partial charge in [-0.3, -0.25) is 0 Å². The molecule has 0 unspecified atom stereocenters. The average Bonchev–Trinajstić information content (AvgIpc) is 3.87. The fraction of sp³-hybridized carbons (Fsp3) is 0.100. The van der Waals surface area contributed by atoms with E-state index in [2.05, 4.69) is 243 Å². The van der Waals surface area contributed by atoms with Crippen LogP contribution in [-0.4, -0.2) is 4.57 Å². The number of fused-ring (bicyclic) bond motifs is 9. The van der Waals surface area contributed by atoms with Crippen LogP contribution in [0.3, 0.4) is 0 Å². The second-order valence-corrected chi connectivity index (χ2v) is 18.1. The molecule has 0 N–H and O–H groups in total. The van der Waals surface area contributed by atoms with Crippen LogP contribution in [-0.2, 0) is 10.8 Å². The minimum Gasteiger partial charge on any atom is -0.310 e. The second kappa shape index (κ2) is 13.5. The van der Waals surface area contributed by atoms with E-state index in [9.17, 15) is 0 Å². The average molecular weight is 795 g/mol. The number of anilines is 3. The van der Waals surface area contributed by atoms with Crippen molar-refractivity contribution in [3.05, 3.63) is 229 Å². The largest absolute Gasteiger partial charge is 0.310 e. The van der Waals surface area contributed by atoms with Crippen molar-refractivity contribution in [2.45, 2.75) is 38.5 Å². The van der Waals surface area contributed by atoms with Crippen LogP contribution in [0.4, 0.5) is 17.1 Å². The lowest BCUT2D eigenvalue weighted by atomic mass is 9.82. The lowest BCUT2D eigenvalue weighted by Crippen LogP contribution is -2.16. The van der Waals surface area contributed by atoms with E-state index in [1.807, 2.05) is 0 Å². The molecule has 0 saturated carbocycles. The Bertz CT molecular complexity index is 3420. The first-order chi connectivity index (χ1) is 30.3. The van der Waals surface area contributed by atoms with Gasteiger partial charge in [-0.15, -0.1) is 0 Å². The van der Waals surface area contributed by atoms with Crippen LogP contribution in [0.1, 0.15) is 49.9 Å². The lowest BCUT2D eigenvalue weighted by Gasteiger charge is -2.30. The van der Waals surface area contributed by atoms with Crippen molar-refractivity contribution in [1.29, 1.82) is 0 Å². The molecule has 10 aromatic rings. The number of aromatic nitrogens is 1. The van der Waals surface area contributed by atoms with Crippen molar-refractivity contribution in [2.24, 2.45) is 0 Å². The lowest BCUT2D eigenvalue weighted by molar-refractivity contribution is 0.660. The van der Waals surface area contributed by atoms with Crippen LogP contribution in [0, 0.1) is 0 Å². The molecule has 0 aliphatic heterocycles. The molecule has 9 aromatic carbocycles. The van der Waals surface area contributed by atoms with Crippen molar-refractivity contribution in [2.75, 3.05) is 4.90 Å². The third kappa shape index (κ3) is 5.23. The van der Waals surface area contributed by atoms with E-state index in [0.717, 1.165) is 22.7 Å². The molecule has 2 aliphatic carbocycles. The van der Waals surface area contributed by atoms with Crippen LogP contribution >= 0.6 is 0 Å². The van der Waals surface area contributed by atoms with Gasteiger partial charge in [0, 0.05) is 44.2 Å². The SMILES string of the molecule is CC1(C)c2ccccc2-c2cc(N(c3cccc(-c4cccc5c4c4ccccc4n5-c4ccccc4)c3)c3ccccc3-c3cccc4c3-c3ccccc3C4(C)C)ccc21. The molecule has 2 nitrogen and oxygen atoms in total. The van der Waals surface area contributed by atoms with Crippen molar-refractivity contribution in [1.82, 2.24) is 4.57 Å². The highest BCUT2D eigenvalue weighted by Crippen LogP contribution is 2.55. The number of benzene rings is 9. The predicted molar refractivity (Wildman–Crippen MR) is 261 cm³/mol. The molecule has 2 heteroatoms. The number of rotatable bonds is 6. The van der Waals surface area contributed by atoms with Crippen molar-refractivity contribution in [3.63, 3.8) is 0 Å². The molecule has 0 bridgehead atoms. The minimum atomic E-state index is -0.101. The molecule has 0 fully saturated rings. The summed E-state index contributed by atoms with van der Waals surface area (Å²) in [6.45, 7) is 9.46. The normalized spacial score (nSPS) is 14.1. The Morgan fingerprint density at radius 3 is 1.77 bits per heavy atom. The maximum atomic E-state index is 2.51. The molecular weight excluding hydrogens is 749 g/mol. The summed E-state index contributed by atoms with van der Waals surface area (Å²) in [7, 11) is 0. The van der Waals surface area contributed by atoms with Gasteiger partial charge >= 0.3 is 0 Å². The highest BCUT2D eigenvalue weighted by Gasteiger charge is 2.38. The first kappa shape index (κ1) is 36.4. The van der Waals surface area contributed by atoms with E-state index in [1.54, 1.807) is 0 Å². The standard InChI is InChI=1S/C60H46N2/c1-59(2)50-29-12-8-23-44(50)49-38-42(35-36-52(49)59)61(54-32-14-10-24-45(54)46-28-17-31-53-57(46)47-25-9-13-30-51(47)60(53,3)4)41-22-16-19-39(37-41)43-27-18-34-56-58(43)48-26-11-15-33-55(48)62(56)40-20-6-5-7-21-40/h5-38H,1-4H3. The summed E-state index contributed by atoms with van der Waals surface area (Å²) in [6, 6.07) is 76.6. The van der Waals surface area contributed by atoms with E-state index >= 15 is 0 Å². The van der Waals surface area contributed by atoms with E-state index in [4.69, 9.17) is 0 Å². The topological polar surface area (TPSA) is 8.17 Å². The van der Waals surface area contributed by atoms with Gasteiger partial charge in [-0.2, -0.15) is 0 Å². The van der Waals surface area contributed by atoms with Crippen LogP contribution in [0.5, 0.6) is 0 Å². The maximum absolute atomic E-state index is 2.51. The zero-order valence-corrected chi connectivity index (χ0v) is 35.5. The molecular formula is C60H46N2. The Hall–Kier alpha value is -7.42. The van der Waals surface area contributed by atoms with Crippen molar-refractivity contribution < 1.29 is 0 Å². The summed E-state index contributed by atoms with van der Waals surface area (Å²) < 4.78 is 2.40. The van der Waals surface area contributed by atoms with Crippen LogP contribution in [0.25, 0.3) is 72.0 Å². The molecule has 0 radical (unpaired) electrons. The zero-order valence-electron chi connectivity index (χ0n) is 35.5. The van der Waals surface area contributed by atoms with Crippen molar-refractivity contribution >= 4 is 38.9 Å². The summed E-state index contributed by atoms with van der Waals surface area (Å²) in [6.07, 6.45) is 0. The van der Waals surface area contributed by atoms with E-state index in [0.29, 0.717) is 0 Å². The maximum Gasteiger partial charge on any atom is 0.0547 e. The van der Waals surface area contributed by atoms with Gasteiger partial charge in [0.25, 0.3) is 0 Å². The highest BCUT2D eigenvalue weighted by molar-refractivity contribution is 6.16. The Labute approximate surface area is 364 Å². The first-order valence-electron chi connectivity index (χ1n) is 21.9. The van der Waals surface area contributed by atoms with Gasteiger partial charge in [-0.1, -0.05) is 179 Å². The monoisotopic (exact) mass is 794 g/mol. The summed E-state index contributed by atoms with van der Waals surface area (Å²) in [5.74, 6) is 0. The van der Waals surface area contributed by atoms with Gasteiger partial charge in [0.05, 0.1) is 16.7 Å². The summed E-state index contributed by atoms with van der Waals surface area (Å²) >= 11 is 0. The smallest absolute Gasteiger partial charge is 0.0547 e. The Kier molecular flexibility index (Phi) is 7.96. The Morgan fingerprint density at radius 2 is 0.935 bits per heavy atom. The third-order valence-corrected chi connectivity index (χ3v) is 14.0.